The maximum absolute atomic E-state index is 12.7. The number of fused-ring (bicyclic) bond motifs is 1. The number of hydrogen-bond donors (Lipinski definition) is 2. The standard InChI is InChI=1S/C22H20N2O2S/c23-21(25)15-6-9-17(10-7-15)24-22(26)19-13-27-20-12-16(8-11-18(19)20)14-4-2-1-3-5-14/h1-7,9-10,13,16H,8,11-12H2,(H2,23,25)(H,24,26)/t16-/m1/s1. The Morgan fingerprint density at radius 3 is 2.48 bits per heavy atom. The van der Waals surface area contributed by atoms with Crippen LogP contribution in [0.25, 0.3) is 0 Å². The van der Waals surface area contributed by atoms with E-state index in [-0.39, 0.29) is 5.91 Å². The second kappa shape index (κ2) is 7.37. The zero-order valence-corrected chi connectivity index (χ0v) is 15.6. The van der Waals surface area contributed by atoms with Crippen LogP contribution in [0.3, 0.4) is 0 Å². The fourth-order valence-corrected chi connectivity index (χ4v) is 4.79. The third kappa shape index (κ3) is 3.64. The molecule has 4 nitrogen and oxygen atoms in total. The Morgan fingerprint density at radius 2 is 1.78 bits per heavy atom. The number of amides is 2. The molecule has 136 valence electrons. The van der Waals surface area contributed by atoms with E-state index in [1.54, 1.807) is 35.6 Å². The van der Waals surface area contributed by atoms with Crippen LogP contribution in [0, 0.1) is 0 Å². The van der Waals surface area contributed by atoms with Crippen molar-refractivity contribution in [3.63, 3.8) is 0 Å². The molecule has 2 aromatic carbocycles. The third-order valence-corrected chi connectivity index (χ3v) is 6.15. The minimum atomic E-state index is -0.479. The van der Waals surface area contributed by atoms with Crippen molar-refractivity contribution in [2.75, 3.05) is 5.32 Å². The van der Waals surface area contributed by atoms with Crippen LogP contribution in [0.15, 0.2) is 60.0 Å². The maximum Gasteiger partial charge on any atom is 0.256 e. The molecule has 0 fully saturated rings. The van der Waals surface area contributed by atoms with Gasteiger partial charge in [-0.2, -0.15) is 0 Å². The molecule has 0 saturated carbocycles. The van der Waals surface area contributed by atoms with Gasteiger partial charge in [-0.1, -0.05) is 30.3 Å². The molecule has 0 bridgehead atoms. The average Bonchev–Trinajstić information content (AvgIpc) is 3.12. The summed E-state index contributed by atoms with van der Waals surface area (Å²) in [6, 6.07) is 17.2. The molecule has 2 amide bonds. The van der Waals surface area contributed by atoms with Crippen LogP contribution in [-0.2, 0) is 12.8 Å². The van der Waals surface area contributed by atoms with Gasteiger partial charge in [0.15, 0.2) is 0 Å². The topological polar surface area (TPSA) is 72.2 Å². The normalized spacial score (nSPS) is 15.8. The summed E-state index contributed by atoms with van der Waals surface area (Å²) in [5, 5.41) is 4.88. The van der Waals surface area contributed by atoms with Crippen LogP contribution in [0.4, 0.5) is 5.69 Å². The first-order chi connectivity index (χ1) is 13.1. The molecule has 1 aliphatic rings. The van der Waals surface area contributed by atoms with Crippen LogP contribution in [0.5, 0.6) is 0 Å². The summed E-state index contributed by atoms with van der Waals surface area (Å²) in [7, 11) is 0. The summed E-state index contributed by atoms with van der Waals surface area (Å²) in [4.78, 5) is 25.2. The summed E-state index contributed by atoms with van der Waals surface area (Å²) in [5.41, 5.74) is 9.64. The van der Waals surface area contributed by atoms with E-state index in [9.17, 15) is 9.59 Å². The van der Waals surface area contributed by atoms with Crippen molar-refractivity contribution in [2.24, 2.45) is 5.73 Å². The highest BCUT2D eigenvalue weighted by Gasteiger charge is 2.26. The summed E-state index contributed by atoms with van der Waals surface area (Å²) in [6.07, 6.45) is 2.97. The largest absolute Gasteiger partial charge is 0.366 e. The van der Waals surface area contributed by atoms with Gasteiger partial charge < -0.3 is 11.1 Å². The Balaban J connectivity index is 1.49. The number of hydrogen-bond acceptors (Lipinski definition) is 3. The van der Waals surface area contributed by atoms with Crippen molar-refractivity contribution >= 4 is 28.8 Å². The van der Waals surface area contributed by atoms with Crippen molar-refractivity contribution in [3.8, 4) is 0 Å². The lowest BCUT2D eigenvalue weighted by Crippen LogP contribution is -2.17. The number of nitrogens with one attached hydrogen (secondary N) is 1. The van der Waals surface area contributed by atoms with Gasteiger partial charge in [0, 0.05) is 21.5 Å². The predicted molar refractivity (Wildman–Crippen MR) is 108 cm³/mol. The molecular weight excluding hydrogens is 356 g/mol. The zero-order chi connectivity index (χ0) is 18.8. The molecule has 0 spiro atoms. The molecule has 5 heteroatoms. The van der Waals surface area contributed by atoms with Gasteiger partial charge in [0.2, 0.25) is 5.91 Å². The quantitative estimate of drug-likeness (QED) is 0.710. The van der Waals surface area contributed by atoms with E-state index in [1.807, 2.05) is 11.4 Å². The average molecular weight is 376 g/mol. The smallest absolute Gasteiger partial charge is 0.256 e. The second-order valence-electron chi connectivity index (χ2n) is 6.80. The number of benzene rings is 2. The second-order valence-corrected chi connectivity index (χ2v) is 7.76. The summed E-state index contributed by atoms with van der Waals surface area (Å²) in [6.45, 7) is 0. The number of rotatable bonds is 4. The summed E-state index contributed by atoms with van der Waals surface area (Å²) < 4.78 is 0. The monoisotopic (exact) mass is 376 g/mol. The molecule has 0 radical (unpaired) electrons. The van der Waals surface area contributed by atoms with E-state index in [4.69, 9.17) is 5.73 Å². The lowest BCUT2D eigenvalue weighted by molar-refractivity contribution is 0.0998. The highest BCUT2D eigenvalue weighted by Crippen LogP contribution is 2.37. The first kappa shape index (κ1) is 17.5. The fraction of sp³-hybridized carbons (Fsp3) is 0.182. The molecule has 4 rings (SSSR count). The van der Waals surface area contributed by atoms with Crippen LogP contribution >= 0.6 is 11.3 Å². The van der Waals surface area contributed by atoms with Crippen molar-refractivity contribution in [2.45, 2.75) is 25.2 Å². The van der Waals surface area contributed by atoms with Crippen molar-refractivity contribution in [3.05, 3.63) is 87.1 Å². The van der Waals surface area contributed by atoms with Crippen LogP contribution in [-0.4, -0.2) is 11.8 Å². The molecule has 0 unspecified atom stereocenters. The minimum Gasteiger partial charge on any atom is -0.366 e. The van der Waals surface area contributed by atoms with Gasteiger partial charge >= 0.3 is 0 Å². The van der Waals surface area contributed by atoms with Gasteiger partial charge in [-0.05, 0) is 60.6 Å². The van der Waals surface area contributed by atoms with Gasteiger partial charge in [0.05, 0.1) is 5.56 Å². The number of nitrogens with two attached hydrogens (primary N) is 1. The van der Waals surface area contributed by atoms with E-state index in [0.717, 1.165) is 24.8 Å². The first-order valence-corrected chi connectivity index (χ1v) is 9.85. The predicted octanol–water partition coefficient (Wildman–Crippen LogP) is 4.37. The lowest BCUT2D eigenvalue weighted by Gasteiger charge is -2.23. The molecule has 1 heterocycles. The number of carbonyl (C=O) groups excluding carboxylic acids is 2. The number of thiophene rings is 1. The molecule has 1 aliphatic carbocycles. The highest BCUT2D eigenvalue weighted by atomic mass is 32.1. The fourth-order valence-electron chi connectivity index (χ4n) is 3.63. The van der Waals surface area contributed by atoms with Crippen molar-refractivity contribution < 1.29 is 9.59 Å². The van der Waals surface area contributed by atoms with Gasteiger partial charge in [-0.15, -0.1) is 11.3 Å². The molecule has 1 aromatic heterocycles. The van der Waals surface area contributed by atoms with E-state index in [2.05, 4.69) is 29.6 Å². The molecule has 3 N–H and O–H groups in total. The lowest BCUT2D eigenvalue weighted by atomic mass is 9.83. The molecular formula is C22H20N2O2S. The number of anilines is 1. The maximum atomic E-state index is 12.7. The summed E-state index contributed by atoms with van der Waals surface area (Å²) >= 11 is 1.67. The van der Waals surface area contributed by atoms with Crippen LogP contribution in [0.2, 0.25) is 0 Å². The number of primary amides is 1. The Labute approximate surface area is 162 Å². The molecule has 1 atom stereocenters. The minimum absolute atomic E-state index is 0.0995. The van der Waals surface area contributed by atoms with Gasteiger partial charge in [-0.25, -0.2) is 0 Å². The Kier molecular flexibility index (Phi) is 4.77. The van der Waals surface area contributed by atoms with E-state index >= 15 is 0 Å². The van der Waals surface area contributed by atoms with Crippen LogP contribution < -0.4 is 11.1 Å². The van der Waals surface area contributed by atoms with E-state index in [1.165, 1.54) is 16.0 Å². The zero-order valence-electron chi connectivity index (χ0n) is 14.8. The highest BCUT2D eigenvalue weighted by molar-refractivity contribution is 7.10. The Bertz CT molecular complexity index is 977. The van der Waals surface area contributed by atoms with Crippen molar-refractivity contribution in [1.29, 1.82) is 0 Å². The third-order valence-electron chi connectivity index (χ3n) is 5.10. The molecule has 27 heavy (non-hydrogen) atoms. The Hall–Kier alpha value is -2.92. The molecule has 3 aromatic rings. The van der Waals surface area contributed by atoms with Gasteiger partial charge in [0.1, 0.15) is 0 Å². The van der Waals surface area contributed by atoms with Crippen LogP contribution in [0.1, 0.15) is 49.1 Å². The SMILES string of the molecule is NC(=O)c1ccc(NC(=O)c2csc3c2CC[C@@H](c2ccccc2)C3)cc1. The van der Waals surface area contributed by atoms with Gasteiger partial charge in [0.25, 0.3) is 5.91 Å². The summed E-state index contributed by atoms with van der Waals surface area (Å²) in [5.74, 6) is -0.0557. The Morgan fingerprint density at radius 1 is 1.04 bits per heavy atom. The van der Waals surface area contributed by atoms with E-state index < -0.39 is 5.91 Å². The van der Waals surface area contributed by atoms with Crippen molar-refractivity contribution in [1.82, 2.24) is 0 Å². The molecule has 0 saturated heterocycles. The molecule has 0 aliphatic heterocycles. The number of carbonyl (C=O) groups is 2. The van der Waals surface area contributed by atoms with Gasteiger partial charge in [-0.3, -0.25) is 9.59 Å². The first-order valence-electron chi connectivity index (χ1n) is 8.97. The van der Waals surface area contributed by atoms with E-state index in [0.29, 0.717) is 17.2 Å².